The van der Waals surface area contributed by atoms with Gasteiger partial charge in [-0.1, -0.05) is 18.2 Å². The number of primary sulfonamides is 1. The van der Waals surface area contributed by atoms with Crippen molar-refractivity contribution in [3.63, 3.8) is 0 Å². The van der Waals surface area contributed by atoms with Gasteiger partial charge in [0.2, 0.25) is 10.0 Å². The van der Waals surface area contributed by atoms with E-state index in [1.807, 2.05) is 24.2 Å². The zero-order chi connectivity index (χ0) is 24.5. The average Bonchev–Trinajstić information content (AvgIpc) is 3.51. The molecule has 1 atom stereocenters. The van der Waals surface area contributed by atoms with Crippen LogP contribution in [0.25, 0.3) is 33.3 Å². The first-order valence-electron chi connectivity index (χ1n) is 11.8. The molecular weight excluding hydrogens is 460 g/mol. The number of aromatic amines is 1. The fourth-order valence-electron chi connectivity index (χ4n) is 5.24. The first kappa shape index (κ1) is 22.0. The molecular formula is C27H26N4O3S. The Labute approximate surface area is 204 Å². The van der Waals surface area contributed by atoms with Crippen LogP contribution in [0.2, 0.25) is 0 Å². The van der Waals surface area contributed by atoms with Crippen molar-refractivity contribution in [1.82, 2.24) is 14.9 Å². The first-order chi connectivity index (χ1) is 16.7. The second kappa shape index (κ2) is 7.76. The maximum absolute atomic E-state index is 13.1. The second-order valence-electron chi connectivity index (χ2n) is 9.73. The molecule has 8 heteroatoms. The van der Waals surface area contributed by atoms with E-state index in [0.29, 0.717) is 12.5 Å². The average molecular weight is 487 g/mol. The van der Waals surface area contributed by atoms with E-state index in [2.05, 4.69) is 35.1 Å². The number of amides is 1. The Morgan fingerprint density at radius 3 is 2.51 bits per heavy atom. The number of aromatic nitrogens is 2. The predicted octanol–water partition coefficient (Wildman–Crippen LogP) is 4.61. The van der Waals surface area contributed by atoms with Crippen LogP contribution in [-0.4, -0.2) is 35.2 Å². The van der Waals surface area contributed by atoms with Crippen LogP contribution >= 0.6 is 0 Å². The Balaban J connectivity index is 1.38. The number of carbonyl (C=O) groups is 1. The lowest BCUT2D eigenvalue weighted by Gasteiger charge is -2.24. The number of aryl methyl sites for hydroxylation is 1. The van der Waals surface area contributed by atoms with Gasteiger partial charge >= 0.3 is 0 Å². The molecule has 0 saturated heterocycles. The molecule has 3 N–H and O–H groups in total. The van der Waals surface area contributed by atoms with Gasteiger partial charge in [-0.25, -0.2) is 18.5 Å². The van der Waals surface area contributed by atoms with Gasteiger partial charge in [-0.3, -0.25) is 4.79 Å². The quantitative estimate of drug-likeness (QED) is 0.429. The van der Waals surface area contributed by atoms with Crippen molar-refractivity contribution in [1.29, 1.82) is 0 Å². The highest BCUT2D eigenvalue weighted by Gasteiger charge is 2.39. The van der Waals surface area contributed by atoms with E-state index in [-0.39, 0.29) is 16.8 Å². The van der Waals surface area contributed by atoms with Crippen molar-refractivity contribution < 1.29 is 13.2 Å². The highest BCUT2D eigenvalue weighted by atomic mass is 32.2. The van der Waals surface area contributed by atoms with Crippen LogP contribution < -0.4 is 5.14 Å². The lowest BCUT2D eigenvalue weighted by molar-refractivity contribution is 0.0697. The van der Waals surface area contributed by atoms with Crippen molar-refractivity contribution in [2.75, 3.05) is 0 Å². The largest absolute Gasteiger partial charge is 0.346 e. The van der Waals surface area contributed by atoms with E-state index < -0.39 is 10.0 Å². The Hall–Kier alpha value is -3.49. The fraction of sp³-hybridized carbons (Fsp3) is 0.259. The zero-order valence-corrected chi connectivity index (χ0v) is 20.4. The van der Waals surface area contributed by atoms with Crippen LogP contribution in [0.4, 0.5) is 0 Å². The van der Waals surface area contributed by atoms with E-state index in [1.165, 1.54) is 25.0 Å². The molecule has 0 unspecified atom stereocenters. The molecule has 2 aliphatic rings. The summed E-state index contributed by atoms with van der Waals surface area (Å²) in [6, 6.07) is 13.1. The first-order valence-corrected chi connectivity index (χ1v) is 13.3. The summed E-state index contributed by atoms with van der Waals surface area (Å²) in [5.41, 5.74) is 7.43. The van der Waals surface area contributed by atoms with Crippen LogP contribution in [0.5, 0.6) is 0 Å². The molecule has 0 bridgehead atoms. The van der Waals surface area contributed by atoms with Crippen molar-refractivity contribution in [2.24, 2.45) is 11.1 Å². The minimum absolute atomic E-state index is 0.0770. The van der Waals surface area contributed by atoms with Gasteiger partial charge in [0, 0.05) is 47.1 Å². The van der Waals surface area contributed by atoms with Crippen molar-refractivity contribution in [3.05, 3.63) is 71.5 Å². The smallest absolute Gasteiger partial charge is 0.255 e. The van der Waals surface area contributed by atoms with E-state index >= 15 is 0 Å². The monoisotopic (exact) mass is 486 g/mol. The van der Waals surface area contributed by atoms with E-state index in [9.17, 15) is 13.2 Å². The molecule has 1 aliphatic carbocycles. The molecule has 1 amide bonds. The minimum atomic E-state index is -3.75. The number of benzene rings is 2. The van der Waals surface area contributed by atoms with Gasteiger partial charge in [0.1, 0.15) is 5.65 Å². The number of hydrogen-bond acceptors (Lipinski definition) is 4. The van der Waals surface area contributed by atoms with E-state index in [4.69, 9.17) is 5.14 Å². The summed E-state index contributed by atoms with van der Waals surface area (Å²) in [5.74, 6) is 0.776. The lowest BCUT2D eigenvalue weighted by atomic mass is 9.96. The third kappa shape index (κ3) is 3.73. The Morgan fingerprint density at radius 1 is 1.09 bits per heavy atom. The van der Waals surface area contributed by atoms with Crippen molar-refractivity contribution >= 4 is 27.0 Å². The molecule has 1 aliphatic heterocycles. The summed E-state index contributed by atoms with van der Waals surface area (Å²) in [6.07, 6.45) is 6.13. The molecule has 178 valence electrons. The van der Waals surface area contributed by atoms with Gasteiger partial charge in [0.15, 0.2) is 0 Å². The van der Waals surface area contributed by atoms with Crippen LogP contribution in [0.15, 0.2) is 59.8 Å². The molecule has 35 heavy (non-hydrogen) atoms. The number of sulfonamides is 1. The molecule has 4 aromatic rings. The molecule has 2 aromatic heterocycles. The molecule has 3 heterocycles. The van der Waals surface area contributed by atoms with Gasteiger partial charge in [0.05, 0.1) is 4.90 Å². The maximum Gasteiger partial charge on any atom is 0.255 e. The second-order valence-corrected chi connectivity index (χ2v) is 11.3. The number of nitrogens with zero attached hydrogens (tertiary/aromatic N) is 2. The van der Waals surface area contributed by atoms with Crippen LogP contribution in [0.1, 0.15) is 41.3 Å². The number of hydrogen-bond donors (Lipinski definition) is 2. The molecule has 0 radical (unpaired) electrons. The summed E-state index contributed by atoms with van der Waals surface area (Å²) in [4.78, 5) is 23.1. The number of carbonyl (C=O) groups excluding carboxylic acids is 1. The third-order valence-corrected chi connectivity index (χ3v) is 8.32. The summed E-state index contributed by atoms with van der Waals surface area (Å²) in [6.45, 7) is 4.83. The number of rotatable bonds is 5. The maximum atomic E-state index is 13.1. The molecule has 1 fully saturated rings. The Kier molecular flexibility index (Phi) is 4.88. The normalized spacial score (nSPS) is 16.7. The fourth-order valence-corrected chi connectivity index (χ4v) is 5.76. The predicted molar refractivity (Wildman–Crippen MR) is 135 cm³/mol. The van der Waals surface area contributed by atoms with Gasteiger partial charge in [-0.2, -0.15) is 0 Å². The van der Waals surface area contributed by atoms with Crippen LogP contribution in [-0.2, 0) is 16.6 Å². The van der Waals surface area contributed by atoms with Crippen molar-refractivity contribution in [3.8, 4) is 22.3 Å². The van der Waals surface area contributed by atoms with Gasteiger partial charge in [-0.05, 0) is 79.1 Å². The molecule has 6 rings (SSSR count). The van der Waals surface area contributed by atoms with Gasteiger partial charge in [-0.15, -0.1) is 0 Å². The number of nitrogens with one attached hydrogen (secondary N) is 1. The molecule has 2 aromatic carbocycles. The zero-order valence-electron chi connectivity index (χ0n) is 19.6. The SMILES string of the molecule is Cc1cc(-c2cnc3[nH]cc(-c4ccc(S(N)(=O)=O)cc4)c3c2)cc2c1C(=O)N([C@@H](C)C1CC1)C2. The minimum Gasteiger partial charge on any atom is -0.346 e. The van der Waals surface area contributed by atoms with Crippen LogP contribution in [0, 0.1) is 12.8 Å². The summed E-state index contributed by atoms with van der Waals surface area (Å²) >= 11 is 0. The number of H-pyrrole nitrogens is 1. The number of nitrogens with two attached hydrogens (primary N) is 1. The van der Waals surface area contributed by atoms with Crippen LogP contribution in [0.3, 0.4) is 0 Å². The number of fused-ring (bicyclic) bond motifs is 2. The standard InChI is InChI=1S/C27H26N4O3S/c1-15-9-19(10-21-14-31(27(32)25(15)21)16(2)17-3-4-17)20-11-23-24(13-30-26(23)29-12-20)18-5-7-22(8-6-18)35(28,33)34/h5-13,16-17H,3-4,14H2,1-2H3,(H,29,30)(H2,28,33,34)/t16-/m0/s1. The van der Waals surface area contributed by atoms with E-state index in [1.54, 1.807) is 12.1 Å². The third-order valence-electron chi connectivity index (χ3n) is 7.39. The Bertz CT molecular complexity index is 1600. The molecule has 7 nitrogen and oxygen atoms in total. The highest BCUT2D eigenvalue weighted by molar-refractivity contribution is 7.89. The highest BCUT2D eigenvalue weighted by Crippen LogP contribution is 2.40. The van der Waals surface area contributed by atoms with Gasteiger partial charge < -0.3 is 9.88 Å². The lowest BCUT2D eigenvalue weighted by Crippen LogP contribution is -2.34. The topological polar surface area (TPSA) is 109 Å². The summed E-state index contributed by atoms with van der Waals surface area (Å²) in [5, 5.41) is 6.17. The molecule has 1 saturated carbocycles. The molecule has 0 spiro atoms. The summed E-state index contributed by atoms with van der Waals surface area (Å²) < 4.78 is 23.2. The summed E-state index contributed by atoms with van der Waals surface area (Å²) in [7, 11) is -3.75. The Morgan fingerprint density at radius 2 is 1.83 bits per heavy atom. The van der Waals surface area contributed by atoms with E-state index in [0.717, 1.165) is 50.0 Å². The number of pyridine rings is 1. The van der Waals surface area contributed by atoms with Gasteiger partial charge in [0.25, 0.3) is 5.91 Å². The van der Waals surface area contributed by atoms with Crippen molar-refractivity contribution in [2.45, 2.75) is 44.2 Å².